The van der Waals surface area contributed by atoms with Gasteiger partial charge in [0.05, 0.1) is 5.69 Å². The van der Waals surface area contributed by atoms with E-state index in [-0.39, 0.29) is 5.75 Å². The van der Waals surface area contributed by atoms with Crippen molar-refractivity contribution in [2.75, 3.05) is 0 Å². The molecular weight excluding hydrogens is 294 g/mol. The summed E-state index contributed by atoms with van der Waals surface area (Å²) in [6.07, 6.45) is 1.80. The minimum Gasteiger partial charge on any atom is -0.507 e. The van der Waals surface area contributed by atoms with Gasteiger partial charge in [0.1, 0.15) is 5.75 Å². The molecule has 128 valence electrons. The Kier molecular flexibility index (Phi) is 5.82. The van der Waals surface area contributed by atoms with Crippen LogP contribution in [-0.2, 0) is 0 Å². The summed E-state index contributed by atoms with van der Waals surface area (Å²) in [7, 11) is 0. The summed E-state index contributed by atoms with van der Waals surface area (Å²) in [5.41, 5.74) is 5.51. The third-order valence-electron chi connectivity index (χ3n) is 4.39. The van der Waals surface area contributed by atoms with Gasteiger partial charge in [0.15, 0.2) is 0 Å². The summed E-state index contributed by atoms with van der Waals surface area (Å²) >= 11 is 0. The minimum atomic E-state index is 0.274. The SMILES string of the molecule is CC(C)c1ccc(O)c(C=Nc2c(C(C)C)cccc2C(C)C)c1. The molecule has 0 heterocycles. The van der Waals surface area contributed by atoms with Crippen LogP contribution in [0.5, 0.6) is 5.75 Å². The topological polar surface area (TPSA) is 32.6 Å². The Balaban J connectivity index is 2.51. The maximum absolute atomic E-state index is 10.2. The molecule has 0 fully saturated rings. The zero-order valence-electron chi connectivity index (χ0n) is 15.7. The van der Waals surface area contributed by atoms with Gasteiger partial charge in [-0.05, 0) is 46.6 Å². The van der Waals surface area contributed by atoms with Crippen LogP contribution in [0.3, 0.4) is 0 Å². The standard InChI is InChI=1S/C22H29NO/c1-14(2)17-10-11-21(24)18(12-17)13-23-22-19(15(3)4)8-7-9-20(22)16(5)6/h7-16,24H,1-6H3. The molecule has 0 aromatic heterocycles. The van der Waals surface area contributed by atoms with Crippen molar-refractivity contribution in [2.45, 2.75) is 59.3 Å². The largest absolute Gasteiger partial charge is 0.507 e. The van der Waals surface area contributed by atoms with E-state index in [4.69, 9.17) is 4.99 Å². The molecule has 0 amide bonds. The molecule has 2 heteroatoms. The van der Waals surface area contributed by atoms with Crippen molar-refractivity contribution in [1.29, 1.82) is 0 Å². The van der Waals surface area contributed by atoms with Gasteiger partial charge in [0, 0.05) is 11.8 Å². The van der Waals surface area contributed by atoms with Gasteiger partial charge < -0.3 is 5.11 Å². The van der Waals surface area contributed by atoms with Crippen molar-refractivity contribution in [2.24, 2.45) is 4.99 Å². The van der Waals surface area contributed by atoms with E-state index >= 15 is 0 Å². The Labute approximate surface area is 146 Å². The van der Waals surface area contributed by atoms with Gasteiger partial charge in [-0.25, -0.2) is 0 Å². The van der Waals surface area contributed by atoms with Crippen molar-refractivity contribution in [1.82, 2.24) is 0 Å². The summed E-state index contributed by atoms with van der Waals surface area (Å²) in [5, 5.41) is 10.2. The van der Waals surface area contributed by atoms with E-state index in [2.05, 4.69) is 59.7 Å². The molecule has 0 radical (unpaired) electrons. The highest BCUT2D eigenvalue weighted by Gasteiger charge is 2.13. The maximum atomic E-state index is 10.2. The highest BCUT2D eigenvalue weighted by molar-refractivity contribution is 5.86. The fourth-order valence-electron chi connectivity index (χ4n) is 2.83. The fourth-order valence-corrected chi connectivity index (χ4v) is 2.83. The molecule has 0 atom stereocenters. The van der Waals surface area contributed by atoms with Crippen molar-refractivity contribution in [3.63, 3.8) is 0 Å². The number of hydrogen-bond donors (Lipinski definition) is 1. The second kappa shape index (κ2) is 7.65. The van der Waals surface area contributed by atoms with Gasteiger partial charge in [-0.15, -0.1) is 0 Å². The molecule has 0 aliphatic heterocycles. The molecule has 1 N–H and O–H groups in total. The van der Waals surface area contributed by atoms with Crippen LogP contribution in [0.25, 0.3) is 0 Å². The van der Waals surface area contributed by atoms with Crippen LogP contribution in [0.4, 0.5) is 5.69 Å². The number of phenolic OH excluding ortho intramolecular Hbond substituents is 1. The first-order valence-electron chi connectivity index (χ1n) is 8.81. The minimum absolute atomic E-state index is 0.274. The van der Waals surface area contributed by atoms with E-state index in [0.29, 0.717) is 17.8 Å². The number of benzene rings is 2. The molecule has 2 aromatic rings. The third-order valence-corrected chi connectivity index (χ3v) is 4.39. The van der Waals surface area contributed by atoms with Gasteiger partial charge >= 0.3 is 0 Å². The van der Waals surface area contributed by atoms with Gasteiger partial charge in [-0.1, -0.05) is 65.8 Å². The molecule has 0 saturated heterocycles. The molecule has 0 spiro atoms. The molecule has 0 unspecified atom stereocenters. The summed E-state index contributed by atoms with van der Waals surface area (Å²) in [5.74, 6) is 1.51. The molecule has 24 heavy (non-hydrogen) atoms. The van der Waals surface area contributed by atoms with Crippen molar-refractivity contribution < 1.29 is 5.11 Å². The third kappa shape index (κ3) is 4.05. The van der Waals surface area contributed by atoms with E-state index in [0.717, 1.165) is 11.3 Å². The van der Waals surface area contributed by atoms with Crippen LogP contribution in [0.1, 0.15) is 81.5 Å². The normalized spacial score (nSPS) is 12.0. The van der Waals surface area contributed by atoms with E-state index in [1.165, 1.54) is 16.7 Å². The Morgan fingerprint density at radius 1 is 0.833 bits per heavy atom. The first kappa shape index (κ1) is 18.3. The lowest BCUT2D eigenvalue weighted by atomic mass is 9.93. The van der Waals surface area contributed by atoms with E-state index in [1.54, 1.807) is 12.3 Å². The molecule has 0 aliphatic rings. The van der Waals surface area contributed by atoms with E-state index in [1.807, 2.05) is 12.1 Å². The molecule has 0 bridgehead atoms. The van der Waals surface area contributed by atoms with Crippen molar-refractivity contribution in [3.05, 3.63) is 58.7 Å². The highest BCUT2D eigenvalue weighted by atomic mass is 16.3. The summed E-state index contributed by atoms with van der Waals surface area (Å²) in [6, 6.07) is 12.2. The smallest absolute Gasteiger partial charge is 0.124 e. The summed E-state index contributed by atoms with van der Waals surface area (Å²) in [4.78, 5) is 4.80. The zero-order chi connectivity index (χ0) is 17.9. The van der Waals surface area contributed by atoms with Crippen LogP contribution in [-0.4, -0.2) is 11.3 Å². The van der Waals surface area contributed by atoms with Crippen LogP contribution in [0.2, 0.25) is 0 Å². The number of hydrogen-bond acceptors (Lipinski definition) is 2. The van der Waals surface area contributed by atoms with Gasteiger partial charge in [0.2, 0.25) is 0 Å². The number of aromatic hydroxyl groups is 1. The predicted molar refractivity (Wildman–Crippen MR) is 104 cm³/mol. The quantitative estimate of drug-likeness (QED) is 0.625. The Morgan fingerprint density at radius 3 is 1.92 bits per heavy atom. The number of aliphatic imine (C=N–C) groups is 1. The van der Waals surface area contributed by atoms with Crippen LogP contribution < -0.4 is 0 Å². The molecule has 0 aliphatic carbocycles. The second-order valence-corrected chi connectivity index (χ2v) is 7.33. The van der Waals surface area contributed by atoms with Crippen LogP contribution >= 0.6 is 0 Å². The lowest BCUT2D eigenvalue weighted by Gasteiger charge is -2.16. The van der Waals surface area contributed by atoms with E-state index < -0.39 is 0 Å². The number of para-hydroxylation sites is 1. The Hall–Kier alpha value is -2.09. The maximum Gasteiger partial charge on any atom is 0.124 e. The first-order valence-corrected chi connectivity index (χ1v) is 8.81. The summed E-state index contributed by atoms with van der Waals surface area (Å²) < 4.78 is 0. The highest BCUT2D eigenvalue weighted by Crippen LogP contribution is 2.35. The molecule has 2 aromatic carbocycles. The van der Waals surface area contributed by atoms with Crippen molar-refractivity contribution in [3.8, 4) is 5.75 Å². The average Bonchev–Trinajstić information content (AvgIpc) is 2.53. The van der Waals surface area contributed by atoms with Crippen LogP contribution in [0.15, 0.2) is 41.4 Å². The van der Waals surface area contributed by atoms with Crippen LogP contribution in [0, 0.1) is 0 Å². The fraction of sp³-hybridized carbons (Fsp3) is 0.409. The average molecular weight is 323 g/mol. The molecule has 2 nitrogen and oxygen atoms in total. The van der Waals surface area contributed by atoms with Crippen molar-refractivity contribution >= 4 is 11.9 Å². The number of rotatable bonds is 5. The summed E-state index contributed by atoms with van der Waals surface area (Å²) in [6.45, 7) is 13.1. The molecular formula is C22H29NO. The van der Waals surface area contributed by atoms with Gasteiger partial charge in [-0.2, -0.15) is 0 Å². The molecule has 2 rings (SSSR count). The lowest BCUT2D eigenvalue weighted by molar-refractivity contribution is 0.474. The van der Waals surface area contributed by atoms with Gasteiger partial charge in [-0.3, -0.25) is 4.99 Å². The zero-order valence-corrected chi connectivity index (χ0v) is 15.7. The second-order valence-electron chi connectivity index (χ2n) is 7.33. The predicted octanol–water partition coefficient (Wildman–Crippen LogP) is 6.51. The first-order chi connectivity index (χ1) is 11.3. The monoisotopic (exact) mass is 323 g/mol. The lowest BCUT2D eigenvalue weighted by Crippen LogP contribution is -1.96. The van der Waals surface area contributed by atoms with Gasteiger partial charge in [0.25, 0.3) is 0 Å². The Bertz CT molecular complexity index is 700. The number of phenols is 1. The number of nitrogens with zero attached hydrogens (tertiary/aromatic N) is 1. The Morgan fingerprint density at radius 2 is 1.42 bits per heavy atom. The molecule has 0 saturated carbocycles. The van der Waals surface area contributed by atoms with E-state index in [9.17, 15) is 5.11 Å².